The molecule has 0 aromatic carbocycles. The van der Waals surface area contributed by atoms with Gasteiger partial charge < -0.3 is 19.7 Å². The summed E-state index contributed by atoms with van der Waals surface area (Å²) in [6.45, 7) is 6.95. The van der Waals surface area contributed by atoms with Crippen molar-refractivity contribution < 1.29 is 29.3 Å². The lowest BCUT2D eigenvalue weighted by Gasteiger charge is -2.27. The van der Waals surface area contributed by atoms with E-state index in [0.717, 1.165) is 17.6 Å². The van der Waals surface area contributed by atoms with Crippen LogP contribution in [-0.2, 0) is 19.1 Å². The Labute approximate surface area is 153 Å². The predicted molar refractivity (Wildman–Crippen MR) is 96.0 cm³/mol. The predicted octanol–water partition coefficient (Wildman–Crippen LogP) is 1.98. The molecule has 0 aromatic heterocycles. The van der Waals surface area contributed by atoms with Gasteiger partial charge in [0.1, 0.15) is 12.2 Å². The van der Waals surface area contributed by atoms with Gasteiger partial charge in [-0.25, -0.2) is 9.59 Å². The SMILES string of the molecule is C=C1C(=O)O[C@@H]2/C=C(\CO)CC/C=C(/C)C[C@@H](OC(=O)/C(C)=C/CO)[C@@H]12. The molecule has 0 aromatic rings. The topological polar surface area (TPSA) is 93.1 Å². The standard InChI is InChI=1S/C20H26O6/c1-12-5-4-6-15(11-22)10-17-18(14(3)20(24)26-17)16(9-12)25-19(23)13(2)7-8-21/h5,7,10,16-18,21-22H,3-4,6,8-9,11H2,1-2H3/b12-5-,13-7+,15-10-/t16-,17-,18-/m1/s1. The molecule has 0 radical (unpaired) electrons. The van der Waals surface area contributed by atoms with E-state index in [1.165, 1.54) is 6.08 Å². The first-order valence-corrected chi connectivity index (χ1v) is 8.71. The van der Waals surface area contributed by atoms with Crippen LogP contribution in [0.1, 0.15) is 33.1 Å². The molecule has 1 aliphatic carbocycles. The molecule has 1 aliphatic heterocycles. The summed E-state index contributed by atoms with van der Waals surface area (Å²) in [7, 11) is 0. The first-order chi connectivity index (χ1) is 12.4. The summed E-state index contributed by atoms with van der Waals surface area (Å²) >= 11 is 0. The number of carbonyl (C=O) groups excluding carboxylic acids is 2. The van der Waals surface area contributed by atoms with Gasteiger partial charge in [-0.15, -0.1) is 0 Å². The van der Waals surface area contributed by atoms with Crippen LogP contribution in [0.4, 0.5) is 0 Å². The van der Waals surface area contributed by atoms with E-state index >= 15 is 0 Å². The van der Waals surface area contributed by atoms with Crippen molar-refractivity contribution in [2.75, 3.05) is 13.2 Å². The maximum atomic E-state index is 12.3. The fraction of sp³-hybridized carbons (Fsp3) is 0.500. The quantitative estimate of drug-likeness (QED) is 0.451. The van der Waals surface area contributed by atoms with Crippen molar-refractivity contribution in [3.63, 3.8) is 0 Å². The lowest BCUT2D eigenvalue weighted by molar-refractivity contribution is -0.147. The molecule has 2 rings (SSSR count). The molecule has 0 amide bonds. The molecular weight excluding hydrogens is 336 g/mol. The maximum absolute atomic E-state index is 12.3. The molecule has 1 heterocycles. The second-order valence-corrected chi connectivity index (χ2v) is 6.71. The molecule has 0 spiro atoms. The minimum absolute atomic E-state index is 0.122. The van der Waals surface area contributed by atoms with Crippen molar-refractivity contribution in [1.29, 1.82) is 0 Å². The number of carbonyl (C=O) groups is 2. The Morgan fingerprint density at radius 3 is 2.85 bits per heavy atom. The summed E-state index contributed by atoms with van der Waals surface area (Å²) in [6.07, 6.45) is 5.78. The van der Waals surface area contributed by atoms with Gasteiger partial charge in [0.25, 0.3) is 0 Å². The van der Waals surface area contributed by atoms with Crippen molar-refractivity contribution in [3.8, 4) is 0 Å². The third-order valence-electron chi connectivity index (χ3n) is 4.72. The normalized spacial score (nSPS) is 31.2. The van der Waals surface area contributed by atoms with Gasteiger partial charge in [-0.2, -0.15) is 0 Å². The number of hydrogen-bond acceptors (Lipinski definition) is 6. The lowest BCUT2D eigenvalue weighted by Crippen LogP contribution is -2.33. The Hall–Kier alpha value is -2.18. The molecule has 6 heteroatoms. The Kier molecular flexibility index (Phi) is 6.94. The number of hydrogen-bond donors (Lipinski definition) is 2. The number of allylic oxidation sites excluding steroid dienone is 1. The van der Waals surface area contributed by atoms with Gasteiger partial charge in [0.05, 0.1) is 19.1 Å². The van der Waals surface area contributed by atoms with Crippen LogP contribution in [-0.4, -0.2) is 47.6 Å². The van der Waals surface area contributed by atoms with Gasteiger partial charge >= 0.3 is 11.9 Å². The minimum atomic E-state index is -0.626. The van der Waals surface area contributed by atoms with Gasteiger partial charge in [-0.3, -0.25) is 0 Å². The molecule has 3 atom stereocenters. The van der Waals surface area contributed by atoms with E-state index in [1.54, 1.807) is 13.0 Å². The average Bonchev–Trinajstić information content (AvgIpc) is 2.87. The van der Waals surface area contributed by atoms with Crippen molar-refractivity contribution in [3.05, 3.63) is 47.1 Å². The molecule has 6 nitrogen and oxygen atoms in total. The second kappa shape index (κ2) is 8.96. The molecule has 2 N–H and O–H groups in total. The van der Waals surface area contributed by atoms with E-state index in [1.807, 2.05) is 13.0 Å². The van der Waals surface area contributed by atoms with Crippen LogP contribution in [0.3, 0.4) is 0 Å². The summed E-state index contributed by atoms with van der Waals surface area (Å²) in [5, 5.41) is 18.5. The first-order valence-electron chi connectivity index (χ1n) is 8.71. The van der Waals surface area contributed by atoms with Crippen molar-refractivity contribution in [2.24, 2.45) is 5.92 Å². The van der Waals surface area contributed by atoms with E-state index in [0.29, 0.717) is 18.4 Å². The van der Waals surface area contributed by atoms with Crippen molar-refractivity contribution in [1.82, 2.24) is 0 Å². The smallest absolute Gasteiger partial charge is 0.334 e. The van der Waals surface area contributed by atoms with Gasteiger partial charge in [0, 0.05) is 17.6 Å². The highest BCUT2D eigenvalue weighted by atomic mass is 16.6. The number of fused-ring (bicyclic) bond motifs is 1. The molecule has 1 saturated heterocycles. The molecular formula is C20H26O6. The molecule has 0 bridgehead atoms. The van der Waals surface area contributed by atoms with E-state index in [-0.39, 0.29) is 18.8 Å². The Balaban J connectivity index is 2.38. The van der Waals surface area contributed by atoms with Crippen LogP contribution in [0.15, 0.2) is 47.1 Å². The summed E-state index contributed by atoms with van der Waals surface area (Å²) < 4.78 is 11.1. The summed E-state index contributed by atoms with van der Waals surface area (Å²) in [5.41, 5.74) is 2.36. The van der Waals surface area contributed by atoms with Gasteiger partial charge in [0.15, 0.2) is 0 Å². The van der Waals surface area contributed by atoms with Gasteiger partial charge in [0.2, 0.25) is 0 Å². The summed E-state index contributed by atoms with van der Waals surface area (Å²) in [4.78, 5) is 24.4. The van der Waals surface area contributed by atoms with Crippen LogP contribution >= 0.6 is 0 Å². The van der Waals surface area contributed by atoms with Crippen LogP contribution in [0.25, 0.3) is 0 Å². The molecule has 1 fully saturated rings. The molecule has 0 saturated carbocycles. The number of ether oxygens (including phenoxy) is 2. The van der Waals surface area contributed by atoms with Crippen molar-refractivity contribution >= 4 is 11.9 Å². The molecule has 2 aliphatic rings. The van der Waals surface area contributed by atoms with Crippen LogP contribution < -0.4 is 0 Å². The van der Waals surface area contributed by atoms with E-state index in [2.05, 4.69) is 6.58 Å². The monoisotopic (exact) mass is 362 g/mol. The fourth-order valence-electron chi connectivity index (χ4n) is 3.23. The van der Waals surface area contributed by atoms with Crippen LogP contribution in [0, 0.1) is 5.92 Å². The first kappa shape index (κ1) is 20.1. The number of rotatable bonds is 4. The number of aliphatic hydroxyl groups is 2. The number of esters is 2. The van der Waals surface area contributed by atoms with E-state index in [4.69, 9.17) is 14.6 Å². The van der Waals surface area contributed by atoms with E-state index in [9.17, 15) is 14.7 Å². The maximum Gasteiger partial charge on any atom is 0.334 e. The number of aliphatic hydroxyl groups excluding tert-OH is 2. The molecule has 0 unspecified atom stereocenters. The minimum Gasteiger partial charge on any atom is -0.458 e. The third kappa shape index (κ3) is 4.71. The lowest BCUT2D eigenvalue weighted by atomic mass is 9.85. The largest absolute Gasteiger partial charge is 0.458 e. The van der Waals surface area contributed by atoms with Crippen molar-refractivity contribution in [2.45, 2.75) is 45.3 Å². The highest BCUT2D eigenvalue weighted by Crippen LogP contribution is 2.36. The summed E-state index contributed by atoms with van der Waals surface area (Å²) in [6, 6.07) is 0. The average molecular weight is 362 g/mol. The highest BCUT2D eigenvalue weighted by Gasteiger charge is 2.44. The third-order valence-corrected chi connectivity index (χ3v) is 4.72. The second-order valence-electron chi connectivity index (χ2n) is 6.71. The van der Waals surface area contributed by atoms with E-state index < -0.39 is 30.1 Å². The summed E-state index contributed by atoms with van der Waals surface area (Å²) in [5.74, 6) is -1.58. The fourth-order valence-corrected chi connectivity index (χ4v) is 3.23. The zero-order chi connectivity index (χ0) is 19.3. The van der Waals surface area contributed by atoms with Gasteiger partial charge in [-0.05, 0) is 44.4 Å². The zero-order valence-corrected chi connectivity index (χ0v) is 15.2. The molecule has 26 heavy (non-hydrogen) atoms. The molecule has 142 valence electrons. The Morgan fingerprint density at radius 2 is 2.19 bits per heavy atom. The zero-order valence-electron chi connectivity index (χ0n) is 15.2. The highest BCUT2D eigenvalue weighted by molar-refractivity contribution is 5.92. The van der Waals surface area contributed by atoms with Crippen LogP contribution in [0.5, 0.6) is 0 Å². The Bertz CT molecular complexity index is 670. The van der Waals surface area contributed by atoms with Crippen LogP contribution in [0.2, 0.25) is 0 Å². The Morgan fingerprint density at radius 1 is 1.46 bits per heavy atom. The van der Waals surface area contributed by atoms with Gasteiger partial charge in [-0.1, -0.05) is 18.2 Å².